The molecule has 0 unspecified atom stereocenters. The van der Waals surface area contributed by atoms with Gasteiger partial charge in [0.15, 0.2) is 11.5 Å². The molecule has 1 aliphatic rings. The summed E-state index contributed by atoms with van der Waals surface area (Å²) >= 11 is 0. The molecule has 0 spiro atoms. The fraction of sp³-hybridized carbons (Fsp3) is 0.286. The Kier molecular flexibility index (Phi) is 7.65. The summed E-state index contributed by atoms with van der Waals surface area (Å²) in [5.41, 5.74) is 1.26. The van der Waals surface area contributed by atoms with Crippen LogP contribution in [0.15, 0.2) is 55.1 Å². The number of benzene rings is 2. The first-order chi connectivity index (χ1) is 17.0. The van der Waals surface area contributed by atoms with Gasteiger partial charge in [-0.1, -0.05) is 30.9 Å². The van der Waals surface area contributed by atoms with Gasteiger partial charge in [-0.3, -0.25) is 4.79 Å². The van der Waals surface area contributed by atoms with Crippen molar-refractivity contribution < 1.29 is 18.7 Å². The zero-order chi connectivity index (χ0) is 24.8. The van der Waals surface area contributed by atoms with Crippen molar-refractivity contribution in [3.8, 4) is 11.5 Å². The van der Waals surface area contributed by atoms with E-state index in [1.165, 1.54) is 19.2 Å². The fourth-order valence-corrected chi connectivity index (χ4v) is 4.32. The van der Waals surface area contributed by atoms with Crippen LogP contribution in [0.4, 0.5) is 4.39 Å². The third-order valence-corrected chi connectivity index (χ3v) is 6.20. The van der Waals surface area contributed by atoms with E-state index < -0.39 is 0 Å². The highest BCUT2D eigenvalue weighted by Gasteiger charge is 2.26. The third-order valence-electron chi connectivity index (χ3n) is 6.20. The zero-order valence-electron chi connectivity index (χ0n) is 20.1. The Balaban J connectivity index is 1.41. The Hall–Kier alpha value is -3.87. The predicted octanol–water partition coefficient (Wildman–Crippen LogP) is 3.92. The van der Waals surface area contributed by atoms with Crippen molar-refractivity contribution in [2.75, 3.05) is 20.2 Å². The van der Waals surface area contributed by atoms with Crippen LogP contribution in [-0.2, 0) is 6.61 Å². The average Bonchev–Trinajstić information content (AvgIpc) is 3.30. The number of methoxy groups -OCH3 is 1. The van der Waals surface area contributed by atoms with Gasteiger partial charge in [-0.05, 0) is 61.7 Å². The summed E-state index contributed by atoms with van der Waals surface area (Å²) < 4.78 is 24.7. The van der Waals surface area contributed by atoms with E-state index >= 15 is 0 Å². The van der Waals surface area contributed by atoms with Crippen molar-refractivity contribution in [2.45, 2.75) is 32.3 Å². The molecule has 0 aliphatic carbocycles. The maximum atomic E-state index is 13.4. The van der Waals surface area contributed by atoms with Gasteiger partial charge in [-0.2, -0.15) is 0 Å². The molecular formula is C28H30FN3O3. The largest absolute Gasteiger partial charge is 0.493 e. The van der Waals surface area contributed by atoms with Crippen molar-refractivity contribution in [2.24, 2.45) is 0 Å². The monoisotopic (exact) mass is 475 g/mol. The number of piperidine rings is 1. The number of nitrogens with zero attached hydrogens (tertiary/aromatic N) is 2. The first-order valence-corrected chi connectivity index (χ1v) is 11.7. The molecule has 3 aromatic rings. The number of H-pyrrole nitrogens is 1. The van der Waals surface area contributed by atoms with E-state index in [0.717, 1.165) is 29.4 Å². The van der Waals surface area contributed by atoms with Crippen LogP contribution in [-0.4, -0.2) is 41.0 Å². The fourth-order valence-electron chi connectivity index (χ4n) is 4.32. The SMILES string of the molecule is C=C/C=c1/[nH]c(C2CCN(C(=O)c3ccc(OCc4cccc(F)c4)c(OC)c3)CC2)n/c1=C/C. The molecule has 2 heterocycles. The number of allylic oxidation sites excluding steroid dienone is 1. The highest BCUT2D eigenvalue weighted by atomic mass is 19.1. The minimum absolute atomic E-state index is 0.0406. The molecule has 7 heteroatoms. The Bertz CT molecular complexity index is 1320. The number of hydrogen-bond donors (Lipinski definition) is 1. The number of rotatable bonds is 7. The van der Waals surface area contributed by atoms with Gasteiger partial charge in [-0.15, -0.1) is 0 Å². The molecule has 0 atom stereocenters. The topological polar surface area (TPSA) is 67.5 Å². The standard InChI is InChI=1S/C28H30FN3O3/c1-4-7-24-23(5-2)30-27(31-24)20-12-14-32(15-13-20)28(33)21-10-11-25(26(17-21)34-3)35-18-19-8-6-9-22(29)16-19/h4-11,16-17,20H,1,12-15,18H2,2-3H3,(H,30,31)/b23-5+,24-7+. The van der Waals surface area contributed by atoms with Crippen LogP contribution in [0.2, 0.25) is 0 Å². The molecule has 35 heavy (non-hydrogen) atoms. The van der Waals surface area contributed by atoms with Crippen LogP contribution in [0.5, 0.6) is 11.5 Å². The Labute approximate surface area is 204 Å². The summed E-state index contributed by atoms with van der Waals surface area (Å²) in [5, 5.41) is 1.88. The second-order valence-electron chi connectivity index (χ2n) is 8.46. The van der Waals surface area contributed by atoms with Crippen LogP contribution in [0.25, 0.3) is 12.2 Å². The van der Waals surface area contributed by atoms with E-state index in [9.17, 15) is 9.18 Å². The maximum Gasteiger partial charge on any atom is 0.253 e. The van der Waals surface area contributed by atoms with E-state index in [-0.39, 0.29) is 24.2 Å². The molecule has 2 aromatic carbocycles. The first kappa shape index (κ1) is 24.3. The van der Waals surface area contributed by atoms with Gasteiger partial charge in [0.25, 0.3) is 5.91 Å². The van der Waals surface area contributed by atoms with Crippen molar-refractivity contribution in [3.63, 3.8) is 0 Å². The molecule has 0 saturated carbocycles. The minimum Gasteiger partial charge on any atom is -0.493 e. The van der Waals surface area contributed by atoms with Crippen LogP contribution in [0, 0.1) is 5.82 Å². The van der Waals surface area contributed by atoms with E-state index in [1.807, 2.05) is 24.0 Å². The second kappa shape index (κ2) is 11.0. The highest BCUT2D eigenvalue weighted by molar-refractivity contribution is 5.95. The summed E-state index contributed by atoms with van der Waals surface area (Å²) in [5.74, 6) is 1.85. The number of imidazole rings is 1. The lowest BCUT2D eigenvalue weighted by Gasteiger charge is -2.31. The lowest BCUT2D eigenvalue weighted by Crippen LogP contribution is -2.38. The molecule has 1 N–H and O–H groups in total. The minimum atomic E-state index is -0.311. The quantitative estimate of drug-likeness (QED) is 0.563. The number of likely N-dealkylation sites (tertiary alicyclic amines) is 1. The molecule has 1 aliphatic heterocycles. The summed E-state index contributed by atoms with van der Waals surface area (Å²) in [6, 6.07) is 11.4. The number of carbonyl (C=O) groups is 1. The molecule has 6 nitrogen and oxygen atoms in total. The van der Waals surface area contributed by atoms with Crippen LogP contribution >= 0.6 is 0 Å². The number of halogens is 1. The number of amides is 1. The van der Waals surface area contributed by atoms with Gasteiger partial charge in [0, 0.05) is 24.6 Å². The van der Waals surface area contributed by atoms with Gasteiger partial charge in [0.05, 0.1) is 17.8 Å². The first-order valence-electron chi connectivity index (χ1n) is 11.7. The lowest BCUT2D eigenvalue weighted by molar-refractivity contribution is 0.0710. The summed E-state index contributed by atoms with van der Waals surface area (Å²) in [7, 11) is 1.54. The summed E-state index contributed by atoms with van der Waals surface area (Å²) in [6.45, 7) is 7.23. The number of aromatic amines is 1. The molecule has 0 bridgehead atoms. The van der Waals surface area contributed by atoms with Crippen molar-refractivity contribution in [3.05, 3.63) is 88.6 Å². The maximum absolute atomic E-state index is 13.4. The number of aromatic nitrogens is 2. The van der Waals surface area contributed by atoms with Gasteiger partial charge in [0.1, 0.15) is 18.2 Å². The third kappa shape index (κ3) is 5.62. The van der Waals surface area contributed by atoms with E-state index in [4.69, 9.17) is 14.5 Å². The zero-order valence-corrected chi connectivity index (χ0v) is 20.1. The number of nitrogens with one attached hydrogen (secondary N) is 1. The summed E-state index contributed by atoms with van der Waals surface area (Å²) in [4.78, 5) is 23.2. The second-order valence-corrected chi connectivity index (χ2v) is 8.46. The smallest absolute Gasteiger partial charge is 0.253 e. The molecule has 182 valence electrons. The van der Waals surface area contributed by atoms with Crippen molar-refractivity contribution in [1.82, 2.24) is 14.9 Å². The number of ether oxygens (including phenoxy) is 2. The summed E-state index contributed by atoms with van der Waals surface area (Å²) in [6.07, 6.45) is 7.32. The van der Waals surface area contributed by atoms with Gasteiger partial charge >= 0.3 is 0 Å². The van der Waals surface area contributed by atoms with Crippen LogP contribution < -0.4 is 20.2 Å². The van der Waals surface area contributed by atoms with Crippen molar-refractivity contribution >= 4 is 18.1 Å². The Morgan fingerprint density at radius 2 is 2.03 bits per heavy atom. The van der Waals surface area contributed by atoms with E-state index in [1.54, 1.807) is 36.4 Å². The molecule has 1 amide bonds. The lowest BCUT2D eigenvalue weighted by atomic mass is 9.95. The average molecular weight is 476 g/mol. The normalized spacial score (nSPS) is 15.3. The number of carbonyl (C=O) groups excluding carboxylic acids is 1. The van der Waals surface area contributed by atoms with Crippen LogP contribution in [0.3, 0.4) is 0 Å². The highest BCUT2D eigenvalue weighted by Crippen LogP contribution is 2.31. The van der Waals surface area contributed by atoms with Crippen LogP contribution in [0.1, 0.15) is 47.4 Å². The van der Waals surface area contributed by atoms with E-state index in [2.05, 4.69) is 11.6 Å². The van der Waals surface area contributed by atoms with Gasteiger partial charge in [0.2, 0.25) is 0 Å². The molecular weight excluding hydrogens is 445 g/mol. The molecule has 0 radical (unpaired) electrons. The molecule has 1 aromatic heterocycles. The van der Waals surface area contributed by atoms with E-state index in [0.29, 0.717) is 35.7 Å². The molecule has 1 fully saturated rings. The van der Waals surface area contributed by atoms with Crippen molar-refractivity contribution in [1.29, 1.82) is 0 Å². The Morgan fingerprint density at radius 1 is 1.23 bits per heavy atom. The van der Waals surface area contributed by atoms with Gasteiger partial charge < -0.3 is 19.4 Å². The predicted molar refractivity (Wildman–Crippen MR) is 134 cm³/mol. The molecule has 4 rings (SSSR count). The molecule has 1 saturated heterocycles. The van der Waals surface area contributed by atoms with Gasteiger partial charge in [-0.25, -0.2) is 9.37 Å². The number of hydrogen-bond acceptors (Lipinski definition) is 4. The Morgan fingerprint density at radius 3 is 2.71 bits per heavy atom.